The molecule has 35 heavy (non-hydrogen) atoms. The summed E-state index contributed by atoms with van der Waals surface area (Å²) in [7, 11) is 0. The van der Waals surface area contributed by atoms with Crippen LogP contribution in [-0.2, 0) is 37.0 Å². The molecule has 2 aliphatic rings. The van der Waals surface area contributed by atoms with Crippen molar-refractivity contribution in [2.45, 2.75) is 89.5 Å². The van der Waals surface area contributed by atoms with Crippen molar-refractivity contribution in [3.63, 3.8) is 0 Å². The smallest absolute Gasteiger partial charge is 0.252 e. The second-order valence-electron chi connectivity index (χ2n) is 9.99. The van der Waals surface area contributed by atoms with E-state index in [4.69, 9.17) is 18.9 Å². The molecule has 0 radical (unpaired) electrons. The van der Waals surface area contributed by atoms with Crippen LogP contribution in [0, 0.1) is 11.6 Å². The van der Waals surface area contributed by atoms with E-state index in [9.17, 15) is 13.6 Å². The molecule has 2 aromatic carbocycles. The van der Waals surface area contributed by atoms with Gasteiger partial charge in [0.2, 0.25) is 0 Å². The van der Waals surface area contributed by atoms with E-state index in [0.717, 1.165) is 5.56 Å². The number of ether oxygens (including phenoxy) is 4. The Labute approximate surface area is 204 Å². The Kier molecular flexibility index (Phi) is 7.57. The molecule has 1 heterocycles. The number of halogens is 2. The average molecular weight is 490 g/mol. The number of rotatable bonds is 8. The molecule has 1 saturated carbocycles. The fourth-order valence-electron chi connectivity index (χ4n) is 4.76. The number of hydrogen-bond donors (Lipinski definition) is 1. The molecule has 1 N–H and O–H groups in total. The summed E-state index contributed by atoms with van der Waals surface area (Å²) < 4.78 is 53.2. The van der Waals surface area contributed by atoms with E-state index in [1.165, 1.54) is 18.2 Å². The summed E-state index contributed by atoms with van der Waals surface area (Å²) >= 11 is 0. The number of amides is 1. The standard InChI is InChI=1S/C27H33F2NO5/c1-17(2)30-25(31)27(33-15-18-9-6-5-7-10-18)13-22(24-23(14-27)34-26(3,4)35-24)32-16-19-20(28)11-8-12-21(19)29/h5-12,17,22-24H,13-16H2,1-4H3,(H,30,31)/t22-,23-,24+,27-/m1/s1. The van der Waals surface area contributed by atoms with Gasteiger partial charge in [0.15, 0.2) is 11.4 Å². The third kappa shape index (κ3) is 5.89. The number of fused-ring (bicyclic) bond motifs is 1. The lowest BCUT2D eigenvalue weighted by molar-refractivity contribution is -0.184. The fourth-order valence-corrected chi connectivity index (χ4v) is 4.76. The van der Waals surface area contributed by atoms with Crippen LogP contribution >= 0.6 is 0 Å². The Bertz CT molecular complexity index is 1010. The summed E-state index contributed by atoms with van der Waals surface area (Å²) in [6.45, 7) is 7.24. The Morgan fingerprint density at radius 2 is 1.71 bits per heavy atom. The van der Waals surface area contributed by atoms with Crippen LogP contribution in [-0.4, -0.2) is 41.6 Å². The number of hydrogen-bond acceptors (Lipinski definition) is 5. The third-order valence-corrected chi connectivity index (χ3v) is 6.34. The van der Waals surface area contributed by atoms with Crippen molar-refractivity contribution in [3.05, 3.63) is 71.3 Å². The van der Waals surface area contributed by atoms with Gasteiger partial charge >= 0.3 is 0 Å². The minimum absolute atomic E-state index is 0.110. The summed E-state index contributed by atoms with van der Waals surface area (Å²) in [5.74, 6) is -2.55. The largest absolute Gasteiger partial charge is 0.370 e. The molecule has 2 aromatic rings. The van der Waals surface area contributed by atoms with E-state index in [0.29, 0.717) is 0 Å². The van der Waals surface area contributed by atoms with Crippen LogP contribution < -0.4 is 5.32 Å². The SMILES string of the molecule is CC(C)NC(=O)[C@@]1(OCc2ccccc2)C[C@@H](OCc2c(F)cccc2F)[C@@H]2OC(C)(C)O[C@@H]2C1. The van der Waals surface area contributed by atoms with Gasteiger partial charge in [-0.15, -0.1) is 0 Å². The highest BCUT2D eigenvalue weighted by molar-refractivity contribution is 5.85. The van der Waals surface area contributed by atoms with Gasteiger partial charge in [0.25, 0.3) is 5.91 Å². The monoisotopic (exact) mass is 489 g/mol. The molecule has 8 heteroatoms. The summed E-state index contributed by atoms with van der Waals surface area (Å²) in [6.07, 6.45) is -1.29. The molecular weight excluding hydrogens is 456 g/mol. The lowest BCUT2D eigenvalue weighted by Crippen LogP contribution is -2.60. The lowest BCUT2D eigenvalue weighted by atomic mass is 9.78. The Morgan fingerprint density at radius 1 is 1.03 bits per heavy atom. The van der Waals surface area contributed by atoms with Crippen molar-refractivity contribution in [1.82, 2.24) is 5.32 Å². The van der Waals surface area contributed by atoms with E-state index < -0.39 is 41.3 Å². The van der Waals surface area contributed by atoms with Crippen molar-refractivity contribution >= 4 is 5.91 Å². The summed E-state index contributed by atoms with van der Waals surface area (Å²) in [5.41, 5.74) is -0.528. The molecule has 0 unspecified atom stereocenters. The summed E-state index contributed by atoms with van der Waals surface area (Å²) in [4.78, 5) is 13.5. The molecule has 1 amide bonds. The van der Waals surface area contributed by atoms with Crippen LogP contribution in [0.1, 0.15) is 51.7 Å². The zero-order valence-corrected chi connectivity index (χ0v) is 20.6. The van der Waals surface area contributed by atoms with Crippen LogP contribution in [0.4, 0.5) is 8.78 Å². The molecule has 4 atom stereocenters. The van der Waals surface area contributed by atoms with Crippen LogP contribution in [0.5, 0.6) is 0 Å². The Balaban J connectivity index is 1.62. The second kappa shape index (κ2) is 10.3. The lowest BCUT2D eigenvalue weighted by Gasteiger charge is -2.43. The maximum absolute atomic E-state index is 14.3. The van der Waals surface area contributed by atoms with Gasteiger partial charge in [0, 0.05) is 24.4 Å². The van der Waals surface area contributed by atoms with Crippen molar-refractivity contribution < 1.29 is 32.5 Å². The maximum Gasteiger partial charge on any atom is 0.252 e. The molecule has 6 nitrogen and oxygen atoms in total. The first kappa shape index (κ1) is 25.7. The number of nitrogens with one attached hydrogen (secondary N) is 1. The minimum Gasteiger partial charge on any atom is -0.370 e. The van der Waals surface area contributed by atoms with E-state index in [-0.39, 0.29) is 43.6 Å². The van der Waals surface area contributed by atoms with Gasteiger partial charge in [-0.1, -0.05) is 36.4 Å². The molecule has 2 fully saturated rings. The highest BCUT2D eigenvalue weighted by Crippen LogP contribution is 2.44. The second-order valence-corrected chi connectivity index (χ2v) is 9.99. The maximum atomic E-state index is 14.3. The van der Waals surface area contributed by atoms with Gasteiger partial charge in [-0.2, -0.15) is 0 Å². The predicted octanol–water partition coefficient (Wildman–Crippen LogP) is 4.64. The zero-order chi connectivity index (χ0) is 25.2. The highest BCUT2D eigenvalue weighted by atomic mass is 19.1. The normalized spacial score (nSPS) is 27.6. The summed E-state index contributed by atoms with van der Waals surface area (Å²) in [6, 6.07) is 13.1. The number of carbonyl (C=O) groups is 1. The molecule has 1 saturated heterocycles. The fraction of sp³-hybridized carbons (Fsp3) is 0.519. The van der Waals surface area contributed by atoms with Crippen molar-refractivity contribution in [2.75, 3.05) is 0 Å². The van der Waals surface area contributed by atoms with E-state index >= 15 is 0 Å². The quantitative estimate of drug-likeness (QED) is 0.585. The highest BCUT2D eigenvalue weighted by Gasteiger charge is 2.58. The Hall–Kier alpha value is -2.39. The first-order valence-electron chi connectivity index (χ1n) is 12.0. The van der Waals surface area contributed by atoms with E-state index in [2.05, 4.69) is 5.32 Å². The molecular formula is C27H33F2NO5. The van der Waals surface area contributed by atoms with Gasteiger partial charge < -0.3 is 24.3 Å². The molecule has 1 aliphatic heterocycles. The van der Waals surface area contributed by atoms with Crippen LogP contribution in [0.2, 0.25) is 0 Å². The minimum atomic E-state index is -1.27. The number of carbonyl (C=O) groups excluding carboxylic acids is 1. The summed E-state index contributed by atoms with van der Waals surface area (Å²) in [5, 5.41) is 2.97. The van der Waals surface area contributed by atoms with Crippen LogP contribution in [0.3, 0.4) is 0 Å². The van der Waals surface area contributed by atoms with Gasteiger partial charge in [0.05, 0.1) is 25.4 Å². The molecule has 1 aliphatic carbocycles. The van der Waals surface area contributed by atoms with Crippen LogP contribution in [0.25, 0.3) is 0 Å². The van der Waals surface area contributed by atoms with Crippen molar-refractivity contribution in [1.29, 1.82) is 0 Å². The van der Waals surface area contributed by atoms with Gasteiger partial charge in [0.1, 0.15) is 17.7 Å². The molecule has 0 aromatic heterocycles. The van der Waals surface area contributed by atoms with Crippen molar-refractivity contribution in [2.24, 2.45) is 0 Å². The molecule has 4 rings (SSSR count). The number of benzene rings is 2. The molecule has 0 bridgehead atoms. The molecule has 190 valence electrons. The first-order chi connectivity index (χ1) is 16.6. The third-order valence-electron chi connectivity index (χ3n) is 6.34. The first-order valence-corrected chi connectivity index (χ1v) is 12.0. The van der Waals surface area contributed by atoms with E-state index in [1.807, 2.05) is 44.2 Å². The van der Waals surface area contributed by atoms with Gasteiger partial charge in [-0.3, -0.25) is 4.79 Å². The molecule has 0 spiro atoms. The van der Waals surface area contributed by atoms with Gasteiger partial charge in [-0.25, -0.2) is 8.78 Å². The van der Waals surface area contributed by atoms with Crippen molar-refractivity contribution in [3.8, 4) is 0 Å². The predicted molar refractivity (Wildman–Crippen MR) is 125 cm³/mol. The average Bonchev–Trinajstić information content (AvgIpc) is 3.11. The topological polar surface area (TPSA) is 66.0 Å². The van der Waals surface area contributed by atoms with Gasteiger partial charge in [-0.05, 0) is 45.4 Å². The van der Waals surface area contributed by atoms with Crippen LogP contribution in [0.15, 0.2) is 48.5 Å². The Morgan fingerprint density at radius 3 is 2.37 bits per heavy atom. The van der Waals surface area contributed by atoms with E-state index in [1.54, 1.807) is 13.8 Å². The zero-order valence-electron chi connectivity index (χ0n) is 20.6.